The monoisotopic (exact) mass is 604 g/mol. The number of rotatable bonds is 11. The van der Waals surface area contributed by atoms with Crippen LogP contribution in [0.4, 0.5) is 9.18 Å². The molecule has 1 aromatic heterocycles. The largest absolute Gasteiger partial charge is 0.456 e. The summed E-state index contributed by atoms with van der Waals surface area (Å²) < 4.78 is 27.7. The van der Waals surface area contributed by atoms with Crippen LogP contribution in [-0.4, -0.2) is 57.8 Å². The van der Waals surface area contributed by atoms with Crippen molar-refractivity contribution in [2.24, 2.45) is 5.92 Å². The Morgan fingerprint density at radius 1 is 1.07 bits per heavy atom. The van der Waals surface area contributed by atoms with Crippen molar-refractivity contribution in [3.8, 4) is 5.69 Å². The maximum absolute atomic E-state index is 14.1. The zero-order valence-corrected chi connectivity index (χ0v) is 26.4. The molecule has 0 aliphatic carbocycles. The fraction of sp³-hybridized carbons (Fsp3) is 0.514. The van der Waals surface area contributed by atoms with Gasteiger partial charge < -0.3 is 19.4 Å². The number of hydrogen-bond acceptors (Lipinski definition) is 6. The molecule has 0 saturated carbocycles. The van der Waals surface area contributed by atoms with E-state index in [2.05, 4.69) is 17.1 Å². The van der Waals surface area contributed by atoms with Gasteiger partial charge in [-0.05, 0) is 109 Å². The number of imidazole rings is 1. The second kappa shape index (κ2) is 13.9. The number of nitrogens with one attached hydrogen (secondary N) is 1. The number of benzene rings is 2. The Morgan fingerprint density at radius 3 is 2.55 bits per heavy atom. The van der Waals surface area contributed by atoms with E-state index in [1.54, 1.807) is 18.5 Å². The molecule has 1 saturated heterocycles. The number of aryl methyl sites for hydroxylation is 1. The van der Waals surface area contributed by atoms with Gasteiger partial charge in [-0.25, -0.2) is 14.2 Å². The van der Waals surface area contributed by atoms with Crippen molar-refractivity contribution in [2.75, 3.05) is 19.6 Å². The molecule has 2 aromatic carbocycles. The van der Waals surface area contributed by atoms with Gasteiger partial charge in [-0.15, -0.1) is 0 Å². The minimum atomic E-state index is -0.584. The zero-order chi connectivity index (χ0) is 31.3. The van der Waals surface area contributed by atoms with Crippen LogP contribution in [0.5, 0.6) is 0 Å². The van der Waals surface area contributed by atoms with Crippen molar-refractivity contribution in [3.63, 3.8) is 0 Å². The molecular weight excluding hydrogens is 559 g/mol. The molecule has 0 spiro atoms. The van der Waals surface area contributed by atoms with Crippen molar-refractivity contribution in [1.29, 1.82) is 0 Å². The molecule has 44 heavy (non-hydrogen) atoms. The Labute approximate surface area is 259 Å². The minimum Gasteiger partial charge on any atom is -0.456 e. The van der Waals surface area contributed by atoms with Gasteiger partial charge in [0.25, 0.3) is 0 Å². The Balaban J connectivity index is 1.35. The molecule has 1 amide bonds. The first-order chi connectivity index (χ1) is 21.1. The lowest BCUT2D eigenvalue weighted by Crippen LogP contribution is -2.38. The maximum atomic E-state index is 14.1. The molecule has 1 fully saturated rings. The molecule has 3 heterocycles. The highest BCUT2D eigenvalue weighted by Crippen LogP contribution is 2.32. The average Bonchev–Trinajstić information content (AvgIpc) is 3.67. The Hall–Kier alpha value is -3.72. The molecule has 8 nitrogen and oxygen atoms in total. The first-order valence-electron chi connectivity index (χ1n) is 15.9. The van der Waals surface area contributed by atoms with E-state index in [0.29, 0.717) is 38.6 Å². The summed E-state index contributed by atoms with van der Waals surface area (Å²) in [7, 11) is 0. The summed E-state index contributed by atoms with van der Waals surface area (Å²) in [5.74, 6) is -0.963. The Bertz CT molecular complexity index is 1430. The molecule has 236 valence electrons. The average molecular weight is 605 g/mol. The quantitative estimate of drug-likeness (QED) is 0.203. The fourth-order valence-electron chi connectivity index (χ4n) is 6.34. The number of hydrogen-bond donors (Lipinski definition) is 1. The van der Waals surface area contributed by atoms with Crippen LogP contribution in [0.3, 0.4) is 0 Å². The van der Waals surface area contributed by atoms with Crippen LogP contribution in [-0.2, 0) is 33.5 Å². The maximum Gasteiger partial charge on any atom is 0.407 e. The van der Waals surface area contributed by atoms with E-state index in [0.717, 1.165) is 54.1 Å². The van der Waals surface area contributed by atoms with Gasteiger partial charge in [-0.3, -0.25) is 9.69 Å². The third-order valence-electron chi connectivity index (χ3n) is 8.58. The van der Waals surface area contributed by atoms with Crippen molar-refractivity contribution in [1.82, 2.24) is 19.8 Å². The number of likely N-dealkylation sites (tertiary alicyclic amines) is 1. The minimum absolute atomic E-state index is 0.0376. The number of carbonyl (C=O) groups excluding carboxylic acids is 2. The topological polar surface area (TPSA) is 85.7 Å². The highest BCUT2D eigenvalue weighted by molar-refractivity contribution is 5.73. The summed E-state index contributed by atoms with van der Waals surface area (Å²) in [6, 6.07) is 14.9. The van der Waals surface area contributed by atoms with Crippen LogP contribution in [0.2, 0.25) is 0 Å². The number of aromatic nitrogens is 2. The summed E-state index contributed by atoms with van der Waals surface area (Å²) in [4.78, 5) is 33.4. The van der Waals surface area contributed by atoms with Crippen molar-refractivity contribution >= 4 is 12.1 Å². The van der Waals surface area contributed by atoms with Gasteiger partial charge >= 0.3 is 12.1 Å². The smallest absolute Gasteiger partial charge is 0.407 e. The van der Waals surface area contributed by atoms with Crippen LogP contribution < -0.4 is 5.32 Å². The predicted octanol–water partition coefficient (Wildman–Crippen LogP) is 6.34. The van der Waals surface area contributed by atoms with Crippen LogP contribution in [0, 0.1) is 11.7 Å². The number of amides is 1. The van der Waals surface area contributed by atoms with Gasteiger partial charge in [-0.2, -0.15) is 0 Å². The fourth-order valence-corrected chi connectivity index (χ4v) is 6.34. The lowest BCUT2D eigenvalue weighted by molar-refractivity contribution is -0.158. The SMILES string of the molecule is C[C@@H]([C@H](OC(=O)[C@@H](CCCNC(=O)OC(C)(C)C)Cc1ncn2c1CCc1cc(F)ccc1-2)c1ccccc1)N1CCCC1. The standard InChI is InChI=1S/C35H45FN4O4/c1-24(39-19-8-9-20-39)32(25-11-6-5-7-12-25)43-33(41)27(13-10-18-37-34(42)44-35(2,3)4)22-29-31-16-14-26-21-28(36)15-17-30(26)40(31)23-38-29/h5-7,11-12,15,17,21,23-24,27,32H,8-10,13-14,16,18-20,22H2,1-4H3,(H,37,42)/t24-,27-,32-/m0/s1. The van der Waals surface area contributed by atoms with Gasteiger partial charge in [0.1, 0.15) is 17.5 Å². The third-order valence-corrected chi connectivity index (χ3v) is 8.58. The van der Waals surface area contributed by atoms with Crippen molar-refractivity contribution < 1.29 is 23.5 Å². The molecule has 0 radical (unpaired) electrons. The summed E-state index contributed by atoms with van der Waals surface area (Å²) >= 11 is 0. The zero-order valence-electron chi connectivity index (χ0n) is 26.4. The van der Waals surface area contributed by atoms with E-state index < -0.39 is 23.7 Å². The number of carbonyl (C=O) groups is 2. The number of alkyl carbamates (subject to hydrolysis) is 1. The molecule has 0 bridgehead atoms. The van der Waals surface area contributed by atoms with Gasteiger partial charge in [0.15, 0.2) is 0 Å². The third kappa shape index (κ3) is 7.86. The molecule has 2 aliphatic rings. The van der Waals surface area contributed by atoms with E-state index in [9.17, 15) is 14.0 Å². The molecule has 3 atom stereocenters. The van der Waals surface area contributed by atoms with Crippen LogP contribution in [0.25, 0.3) is 5.69 Å². The summed E-state index contributed by atoms with van der Waals surface area (Å²) in [5.41, 5.74) is 4.17. The number of ether oxygens (including phenoxy) is 2. The van der Waals surface area contributed by atoms with E-state index in [-0.39, 0.29) is 17.8 Å². The van der Waals surface area contributed by atoms with Gasteiger partial charge in [-0.1, -0.05) is 30.3 Å². The van der Waals surface area contributed by atoms with E-state index in [1.165, 1.54) is 6.07 Å². The van der Waals surface area contributed by atoms with Crippen molar-refractivity contribution in [2.45, 2.75) is 90.4 Å². The second-order valence-electron chi connectivity index (χ2n) is 13.0. The van der Waals surface area contributed by atoms with Gasteiger partial charge in [0, 0.05) is 24.7 Å². The molecule has 9 heteroatoms. The van der Waals surface area contributed by atoms with Crippen LogP contribution >= 0.6 is 0 Å². The molecule has 5 rings (SSSR count). The van der Waals surface area contributed by atoms with Gasteiger partial charge in [0.2, 0.25) is 0 Å². The predicted molar refractivity (Wildman–Crippen MR) is 167 cm³/mol. The Kier molecular flexibility index (Phi) is 10.0. The highest BCUT2D eigenvalue weighted by Gasteiger charge is 2.33. The summed E-state index contributed by atoms with van der Waals surface area (Å²) in [5, 5.41) is 2.81. The summed E-state index contributed by atoms with van der Waals surface area (Å²) in [6.45, 7) is 9.98. The second-order valence-corrected chi connectivity index (χ2v) is 13.0. The van der Waals surface area contributed by atoms with E-state index in [1.807, 2.05) is 55.7 Å². The number of fused-ring (bicyclic) bond motifs is 3. The van der Waals surface area contributed by atoms with Crippen LogP contribution in [0.1, 0.15) is 82.0 Å². The first-order valence-corrected chi connectivity index (χ1v) is 15.9. The molecular formula is C35H45FN4O4. The summed E-state index contributed by atoms with van der Waals surface area (Å²) in [6.07, 6.45) is 6.13. The molecule has 1 N–H and O–H groups in total. The number of esters is 1. The Morgan fingerprint density at radius 2 is 1.82 bits per heavy atom. The molecule has 2 aliphatic heterocycles. The number of nitrogens with zero attached hydrogens (tertiary/aromatic N) is 3. The van der Waals surface area contributed by atoms with Crippen LogP contribution in [0.15, 0.2) is 54.9 Å². The highest BCUT2D eigenvalue weighted by atomic mass is 19.1. The van der Waals surface area contributed by atoms with E-state index in [4.69, 9.17) is 14.5 Å². The van der Waals surface area contributed by atoms with Gasteiger partial charge in [0.05, 0.1) is 23.6 Å². The molecule has 0 unspecified atom stereocenters. The normalized spacial score (nSPS) is 16.8. The number of halogens is 1. The first kappa shape index (κ1) is 31.7. The van der Waals surface area contributed by atoms with Crippen molar-refractivity contribution in [3.05, 3.63) is 83.2 Å². The lowest BCUT2D eigenvalue weighted by atomic mass is 9.93. The van der Waals surface area contributed by atoms with E-state index >= 15 is 0 Å². The lowest BCUT2D eigenvalue weighted by Gasteiger charge is -2.32. The molecule has 3 aromatic rings.